The average Bonchev–Trinajstić information content (AvgIpc) is 2.82. The first-order valence-corrected chi connectivity index (χ1v) is 9.26. The van der Waals surface area contributed by atoms with Crippen molar-refractivity contribution in [1.29, 1.82) is 0 Å². The molecule has 1 N–H and O–H groups in total. The zero-order chi connectivity index (χ0) is 18.9. The van der Waals surface area contributed by atoms with Crippen LogP contribution in [0.1, 0.15) is 52.9 Å². The summed E-state index contributed by atoms with van der Waals surface area (Å²) in [5.74, 6) is -0.303. The van der Waals surface area contributed by atoms with E-state index in [-0.39, 0.29) is 17.8 Å². The van der Waals surface area contributed by atoms with Crippen LogP contribution >= 0.6 is 0 Å². The lowest BCUT2D eigenvalue weighted by Crippen LogP contribution is -2.47. The molecule has 1 heterocycles. The Morgan fingerprint density at radius 3 is 2.81 bits per heavy atom. The Kier molecular flexibility index (Phi) is 4.95. The molecule has 1 aliphatic carbocycles. The predicted octanol–water partition coefficient (Wildman–Crippen LogP) is 4.02. The molecule has 0 radical (unpaired) electrons. The van der Waals surface area contributed by atoms with E-state index in [9.17, 15) is 14.0 Å². The maximum absolute atomic E-state index is 13.5. The van der Waals surface area contributed by atoms with Crippen molar-refractivity contribution in [3.8, 4) is 0 Å². The van der Waals surface area contributed by atoms with Gasteiger partial charge in [-0.15, -0.1) is 0 Å². The number of nitrogens with zero attached hydrogens (tertiary/aromatic N) is 1. The number of hydrogen-bond acceptors (Lipinski definition) is 3. The van der Waals surface area contributed by atoms with Gasteiger partial charge in [0.1, 0.15) is 11.4 Å². The number of amides is 2. The van der Waals surface area contributed by atoms with Crippen molar-refractivity contribution < 1.29 is 18.7 Å². The minimum Gasteiger partial charge on any atom is -0.444 e. The molecular formula is C20H27FN2O3. The molecule has 26 heavy (non-hydrogen) atoms. The predicted molar refractivity (Wildman–Crippen MR) is 97.4 cm³/mol. The fourth-order valence-electron chi connectivity index (χ4n) is 4.09. The lowest BCUT2D eigenvalue weighted by molar-refractivity contribution is -0.127. The Bertz CT molecular complexity index is 701. The van der Waals surface area contributed by atoms with Gasteiger partial charge in [-0.05, 0) is 64.7 Å². The van der Waals surface area contributed by atoms with E-state index < -0.39 is 17.1 Å². The Labute approximate surface area is 153 Å². The summed E-state index contributed by atoms with van der Waals surface area (Å²) in [5, 5.41) is 2.92. The van der Waals surface area contributed by atoms with Gasteiger partial charge in [0, 0.05) is 18.3 Å². The summed E-state index contributed by atoms with van der Waals surface area (Å²) in [4.78, 5) is 26.9. The third-order valence-corrected chi connectivity index (χ3v) is 5.20. The van der Waals surface area contributed by atoms with Gasteiger partial charge in [-0.1, -0.05) is 12.5 Å². The number of carbonyl (C=O) groups excluding carboxylic acids is 2. The summed E-state index contributed by atoms with van der Waals surface area (Å²) in [6.45, 7) is 6.06. The van der Waals surface area contributed by atoms with E-state index in [0.29, 0.717) is 18.7 Å². The molecule has 1 aromatic carbocycles. The Hall–Kier alpha value is -2.11. The fourth-order valence-corrected chi connectivity index (χ4v) is 4.09. The highest BCUT2D eigenvalue weighted by Crippen LogP contribution is 2.46. The molecule has 2 fully saturated rings. The van der Waals surface area contributed by atoms with Crippen LogP contribution in [0.4, 0.5) is 14.9 Å². The van der Waals surface area contributed by atoms with E-state index in [1.165, 1.54) is 12.1 Å². The maximum atomic E-state index is 13.5. The van der Waals surface area contributed by atoms with E-state index in [0.717, 1.165) is 25.7 Å². The molecule has 2 amide bonds. The lowest BCUT2D eigenvalue weighted by Gasteiger charge is -2.37. The molecule has 142 valence electrons. The largest absolute Gasteiger partial charge is 0.444 e. The van der Waals surface area contributed by atoms with E-state index in [4.69, 9.17) is 4.74 Å². The number of anilines is 1. The minimum absolute atomic E-state index is 0.0405. The molecule has 5 nitrogen and oxygen atoms in total. The van der Waals surface area contributed by atoms with Crippen LogP contribution in [0.15, 0.2) is 24.3 Å². The van der Waals surface area contributed by atoms with Crippen molar-refractivity contribution in [2.24, 2.45) is 5.41 Å². The molecule has 0 bridgehead atoms. The molecule has 1 spiro atoms. The zero-order valence-corrected chi connectivity index (χ0v) is 15.7. The summed E-state index contributed by atoms with van der Waals surface area (Å²) in [7, 11) is 0. The van der Waals surface area contributed by atoms with Gasteiger partial charge in [-0.2, -0.15) is 0 Å². The molecule has 1 saturated heterocycles. The van der Waals surface area contributed by atoms with Crippen LogP contribution in [-0.4, -0.2) is 30.2 Å². The Morgan fingerprint density at radius 2 is 2.12 bits per heavy atom. The summed E-state index contributed by atoms with van der Waals surface area (Å²) in [5.41, 5.74) is -0.410. The zero-order valence-electron chi connectivity index (χ0n) is 15.7. The van der Waals surface area contributed by atoms with Crippen LogP contribution in [0.5, 0.6) is 0 Å². The SMILES string of the molecule is CC(C)(C)OC(=O)N[C@H]1CCC[C@]2(CCN(c3cccc(F)c3)C2=O)C1. The normalized spacial score (nSPS) is 26.2. The third kappa shape index (κ3) is 4.00. The molecule has 6 heteroatoms. The molecule has 3 rings (SSSR count). The smallest absolute Gasteiger partial charge is 0.407 e. The molecule has 0 aromatic heterocycles. The number of nitrogens with one attached hydrogen (secondary N) is 1. The molecular weight excluding hydrogens is 335 g/mol. The van der Waals surface area contributed by atoms with Crippen molar-refractivity contribution >= 4 is 17.7 Å². The first-order chi connectivity index (χ1) is 12.2. The summed E-state index contributed by atoms with van der Waals surface area (Å²) in [6.07, 6.45) is 3.43. The van der Waals surface area contributed by atoms with E-state index in [2.05, 4.69) is 5.32 Å². The van der Waals surface area contributed by atoms with Crippen LogP contribution in [-0.2, 0) is 9.53 Å². The highest BCUT2D eigenvalue weighted by Gasteiger charge is 2.49. The van der Waals surface area contributed by atoms with Gasteiger partial charge < -0.3 is 15.0 Å². The number of rotatable bonds is 2. The Morgan fingerprint density at radius 1 is 1.35 bits per heavy atom. The van der Waals surface area contributed by atoms with Crippen molar-refractivity contribution in [3.63, 3.8) is 0 Å². The second-order valence-electron chi connectivity index (χ2n) is 8.41. The van der Waals surface area contributed by atoms with Crippen molar-refractivity contribution in [1.82, 2.24) is 5.32 Å². The van der Waals surface area contributed by atoms with Gasteiger partial charge in [-0.25, -0.2) is 9.18 Å². The van der Waals surface area contributed by atoms with Gasteiger partial charge in [0.05, 0.1) is 5.41 Å². The van der Waals surface area contributed by atoms with Gasteiger partial charge in [0.25, 0.3) is 0 Å². The van der Waals surface area contributed by atoms with E-state index in [1.54, 1.807) is 17.0 Å². The monoisotopic (exact) mass is 362 g/mol. The Balaban J connectivity index is 1.68. The second kappa shape index (κ2) is 6.89. The van der Waals surface area contributed by atoms with Crippen LogP contribution in [0.25, 0.3) is 0 Å². The number of ether oxygens (including phenoxy) is 1. The highest BCUT2D eigenvalue weighted by molar-refractivity contribution is 6.00. The van der Waals surface area contributed by atoms with Gasteiger partial charge in [0.15, 0.2) is 0 Å². The number of alkyl carbamates (subject to hydrolysis) is 1. The molecule has 1 aliphatic heterocycles. The van der Waals surface area contributed by atoms with E-state index in [1.807, 2.05) is 20.8 Å². The van der Waals surface area contributed by atoms with Crippen molar-refractivity contribution in [2.45, 2.75) is 64.5 Å². The van der Waals surface area contributed by atoms with Gasteiger partial charge >= 0.3 is 6.09 Å². The van der Waals surface area contributed by atoms with Crippen LogP contribution in [0.2, 0.25) is 0 Å². The lowest BCUT2D eigenvalue weighted by atomic mass is 9.71. The number of benzene rings is 1. The molecule has 0 unspecified atom stereocenters. The molecule has 2 atom stereocenters. The summed E-state index contributed by atoms with van der Waals surface area (Å²) >= 11 is 0. The first-order valence-electron chi connectivity index (χ1n) is 9.26. The molecule has 1 aromatic rings. The first kappa shape index (κ1) is 18.7. The second-order valence-corrected chi connectivity index (χ2v) is 8.41. The minimum atomic E-state index is -0.548. The fraction of sp³-hybridized carbons (Fsp3) is 0.600. The van der Waals surface area contributed by atoms with Crippen molar-refractivity contribution in [3.05, 3.63) is 30.1 Å². The topological polar surface area (TPSA) is 58.6 Å². The summed E-state index contributed by atoms with van der Waals surface area (Å²) < 4.78 is 18.9. The van der Waals surface area contributed by atoms with E-state index >= 15 is 0 Å². The standard InChI is InChI=1S/C20H27FN2O3/c1-19(2,3)26-18(25)22-15-7-5-9-20(13-15)10-11-23(17(20)24)16-8-4-6-14(21)12-16/h4,6,8,12,15H,5,7,9-11,13H2,1-3H3,(H,22,25)/t15-,20-/m0/s1. The number of carbonyl (C=O) groups is 2. The van der Waals surface area contributed by atoms with Gasteiger partial charge in [0.2, 0.25) is 5.91 Å². The molecule has 2 aliphatic rings. The third-order valence-electron chi connectivity index (χ3n) is 5.20. The quantitative estimate of drug-likeness (QED) is 0.865. The van der Waals surface area contributed by atoms with Gasteiger partial charge in [-0.3, -0.25) is 4.79 Å². The van der Waals surface area contributed by atoms with Crippen LogP contribution < -0.4 is 10.2 Å². The number of halogens is 1. The van der Waals surface area contributed by atoms with Crippen LogP contribution in [0.3, 0.4) is 0 Å². The maximum Gasteiger partial charge on any atom is 0.407 e. The summed E-state index contributed by atoms with van der Waals surface area (Å²) in [6, 6.07) is 6.09. The number of hydrogen-bond donors (Lipinski definition) is 1. The van der Waals surface area contributed by atoms with Crippen molar-refractivity contribution in [2.75, 3.05) is 11.4 Å². The average molecular weight is 362 g/mol. The highest BCUT2D eigenvalue weighted by atomic mass is 19.1. The molecule has 1 saturated carbocycles. The van der Waals surface area contributed by atoms with Crippen LogP contribution in [0, 0.1) is 11.2 Å².